The zero-order valence-electron chi connectivity index (χ0n) is 6.98. The molecule has 0 fully saturated rings. The SMILES string of the molecule is NC(Cc1ccccc1)C(=O)O.[Mn]. The quantitative estimate of drug-likeness (QED) is 0.734. The van der Waals surface area contributed by atoms with Gasteiger partial charge in [0.15, 0.2) is 0 Å². The number of aliphatic carboxylic acids is 1. The molecule has 1 rings (SSSR count). The van der Waals surface area contributed by atoms with Crippen molar-refractivity contribution in [3.8, 4) is 0 Å². The van der Waals surface area contributed by atoms with Gasteiger partial charge in [-0.2, -0.15) is 0 Å². The van der Waals surface area contributed by atoms with E-state index < -0.39 is 12.0 Å². The Morgan fingerprint density at radius 2 is 1.92 bits per heavy atom. The molecular formula is C9H11MnNO2. The first-order valence-corrected chi connectivity index (χ1v) is 3.72. The monoisotopic (exact) mass is 220 g/mol. The largest absolute Gasteiger partial charge is 0.480 e. The van der Waals surface area contributed by atoms with E-state index in [0.29, 0.717) is 6.42 Å². The number of carbonyl (C=O) groups is 1. The van der Waals surface area contributed by atoms with E-state index in [2.05, 4.69) is 0 Å². The standard InChI is InChI=1S/C9H11NO2.Mn/c10-8(9(11)12)6-7-4-2-1-3-5-7;/h1-5,8H,6,10H2,(H,11,12);. The second kappa shape index (κ2) is 5.75. The van der Waals surface area contributed by atoms with E-state index in [4.69, 9.17) is 10.8 Å². The molecule has 1 aromatic carbocycles. The minimum atomic E-state index is -0.959. The molecule has 71 valence electrons. The first-order valence-electron chi connectivity index (χ1n) is 3.72. The third-order valence-corrected chi connectivity index (χ3v) is 1.62. The summed E-state index contributed by atoms with van der Waals surface area (Å²) in [7, 11) is 0. The number of carboxylic acids is 1. The fourth-order valence-corrected chi connectivity index (χ4v) is 0.955. The molecule has 0 aliphatic carbocycles. The molecule has 0 heterocycles. The van der Waals surface area contributed by atoms with E-state index >= 15 is 0 Å². The Bertz CT molecular complexity index is 264. The van der Waals surface area contributed by atoms with Crippen LogP contribution < -0.4 is 5.73 Å². The Balaban J connectivity index is 0.00000144. The van der Waals surface area contributed by atoms with Crippen LogP contribution in [-0.2, 0) is 28.3 Å². The van der Waals surface area contributed by atoms with Crippen LogP contribution in [0.3, 0.4) is 0 Å². The zero-order valence-corrected chi connectivity index (χ0v) is 8.16. The summed E-state index contributed by atoms with van der Waals surface area (Å²) in [6.45, 7) is 0. The molecule has 1 aromatic rings. The molecule has 1 radical (unpaired) electrons. The number of carboxylic acid groups (broad SMARTS) is 1. The molecule has 1 unspecified atom stereocenters. The summed E-state index contributed by atoms with van der Waals surface area (Å²) in [5.74, 6) is -0.959. The molecule has 4 heteroatoms. The smallest absolute Gasteiger partial charge is 0.320 e. The van der Waals surface area contributed by atoms with Crippen LogP contribution in [0.15, 0.2) is 30.3 Å². The van der Waals surface area contributed by atoms with Gasteiger partial charge in [-0.3, -0.25) is 4.79 Å². The Morgan fingerprint density at radius 3 is 2.38 bits per heavy atom. The van der Waals surface area contributed by atoms with Crippen molar-refractivity contribution in [2.45, 2.75) is 12.5 Å². The molecule has 0 bridgehead atoms. The maximum atomic E-state index is 10.4. The van der Waals surface area contributed by atoms with Crippen molar-refractivity contribution in [1.29, 1.82) is 0 Å². The van der Waals surface area contributed by atoms with E-state index in [1.165, 1.54) is 0 Å². The molecule has 0 aromatic heterocycles. The third kappa shape index (κ3) is 4.08. The van der Waals surface area contributed by atoms with E-state index in [1.807, 2.05) is 30.3 Å². The van der Waals surface area contributed by atoms with Gasteiger partial charge in [-0.05, 0) is 12.0 Å². The predicted octanol–water partition coefficient (Wildman–Crippen LogP) is 0.639. The average molecular weight is 220 g/mol. The van der Waals surface area contributed by atoms with Crippen LogP contribution in [0.5, 0.6) is 0 Å². The fraction of sp³-hybridized carbons (Fsp3) is 0.222. The van der Waals surface area contributed by atoms with E-state index in [9.17, 15) is 4.79 Å². The van der Waals surface area contributed by atoms with Gasteiger partial charge in [0.25, 0.3) is 0 Å². The summed E-state index contributed by atoms with van der Waals surface area (Å²) in [5, 5.41) is 8.52. The zero-order chi connectivity index (χ0) is 8.97. The predicted molar refractivity (Wildman–Crippen MR) is 45.8 cm³/mol. The summed E-state index contributed by atoms with van der Waals surface area (Å²) in [5.41, 5.74) is 6.30. The van der Waals surface area contributed by atoms with Crippen molar-refractivity contribution >= 4 is 5.97 Å². The van der Waals surface area contributed by atoms with Crippen LogP contribution in [0.1, 0.15) is 5.56 Å². The van der Waals surface area contributed by atoms with Crippen LogP contribution in [0.25, 0.3) is 0 Å². The van der Waals surface area contributed by atoms with E-state index in [0.717, 1.165) is 5.56 Å². The van der Waals surface area contributed by atoms with Gasteiger partial charge in [0.05, 0.1) is 0 Å². The van der Waals surface area contributed by atoms with Gasteiger partial charge in [0.1, 0.15) is 6.04 Å². The first kappa shape index (κ1) is 12.2. The van der Waals surface area contributed by atoms with Crippen LogP contribution in [0.4, 0.5) is 0 Å². The van der Waals surface area contributed by atoms with E-state index in [1.54, 1.807) is 0 Å². The topological polar surface area (TPSA) is 63.3 Å². The summed E-state index contributed by atoms with van der Waals surface area (Å²) in [4.78, 5) is 10.4. The molecule has 0 spiro atoms. The summed E-state index contributed by atoms with van der Waals surface area (Å²) < 4.78 is 0. The Hall–Kier alpha value is -0.831. The van der Waals surface area contributed by atoms with Crippen molar-refractivity contribution in [1.82, 2.24) is 0 Å². The van der Waals surface area contributed by atoms with Gasteiger partial charge in [0, 0.05) is 17.1 Å². The minimum Gasteiger partial charge on any atom is -0.480 e. The van der Waals surface area contributed by atoms with Crippen molar-refractivity contribution < 1.29 is 27.0 Å². The second-order valence-corrected chi connectivity index (χ2v) is 2.63. The van der Waals surface area contributed by atoms with Crippen LogP contribution in [0.2, 0.25) is 0 Å². The number of hydrogen-bond donors (Lipinski definition) is 2. The number of nitrogens with two attached hydrogens (primary N) is 1. The summed E-state index contributed by atoms with van der Waals surface area (Å²) >= 11 is 0. The minimum absolute atomic E-state index is 0. The van der Waals surface area contributed by atoms with Gasteiger partial charge < -0.3 is 10.8 Å². The van der Waals surface area contributed by atoms with Crippen molar-refractivity contribution in [2.75, 3.05) is 0 Å². The van der Waals surface area contributed by atoms with Crippen molar-refractivity contribution in [3.05, 3.63) is 35.9 Å². The Morgan fingerprint density at radius 1 is 1.38 bits per heavy atom. The van der Waals surface area contributed by atoms with E-state index in [-0.39, 0.29) is 17.1 Å². The summed E-state index contributed by atoms with van der Waals surface area (Å²) in [6, 6.07) is 8.54. The molecule has 0 aliphatic heterocycles. The molecule has 1 atom stereocenters. The maximum absolute atomic E-state index is 10.4. The number of benzene rings is 1. The molecule has 0 saturated heterocycles. The van der Waals surface area contributed by atoms with Crippen LogP contribution >= 0.6 is 0 Å². The van der Waals surface area contributed by atoms with Crippen LogP contribution in [-0.4, -0.2) is 17.1 Å². The molecule has 0 aliphatic rings. The van der Waals surface area contributed by atoms with Gasteiger partial charge in [-0.15, -0.1) is 0 Å². The molecule has 0 amide bonds. The molecule has 3 N–H and O–H groups in total. The first-order chi connectivity index (χ1) is 5.70. The number of hydrogen-bond acceptors (Lipinski definition) is 2. The van der Waals surface area contributed by atoms with Gasteiger partial charge in [-0.1, -0.05) is 30.3 Å². The Labute approximate surface area is 87.4 Å². The molecule has 13 heavy (non-hydrogen) atoms. The molecular weight excluding hydrogens is 209 g/mol. The normalized spacial score (nSPS) is 11.5. The van der Waals surface area contributed by atoms with Gasteiger partial charge in [-0.25, -0.2) is 0 Å². The van der Waals surface area contributed by atoms with Crippen molar-refractivity contribution in [3.63, 3.8) is 0 Å². The van der Waals surface area contributed by atoms with Crippen molar-refractivity contribution in [2.24, 2.45) is 5.73 Å². The maximum Gasteiger partial charge on any atom is 0.320 e. The van der Waals surface area contributed by atoms with Gasteiger partial charge >= 0.3 is 5.97 Å². The summed E-state index contributed by atoms with van der Waals surface area (Å²) in [6.07, 6.45) is 0.385. The average Bonchev–Trinajstić information content (AvgIpc) is 2.06. The third-order valence-electron chi connectivity index (χ3n) is 1.62. The Kier molecular flexibility index (Phi) is 5.39. The number of rotatable bonds is 3. The van der Waals surface area contributed by atoms with Crippen LogP contribution in [0, 0.1) is 0 Å². The molecule has 3 nitrogen and oxygen atoms in total. The second-order valence-electron chi connectivity index (χ2n) is 2.63. The molecule has 0 saturated carbocycles. The fourth-order valence-electron chi connectivity index (χ4n) is 0.955. The van der Waals surface area contributed by atoms with Gasteiger partial charge in [0.2, 0.25) is 0 Å².